The third-order valence-electron chi connectivity index (χ3n) is 4.38. The van der Waals surface area contributed by atoms with E-state index in [0.29, 0.717) is 25.4 Å². The minimum Gasteiger partial charge on any atom is -0.380 e. The zero-order valence-corrected chi connectivity index (χ0v) is 13.2. The maximum atomic E-state index is 12.5. The van der Waals surface area contributed by atoms with Crippen molar-refractivity contribution >= 4 is 5.91 Å². The number of aliphatic hydroxyl groups is 1. The summed E-state index contributed by atoms with van der Waals surface area (Å²) in [5.74, 6) is -0.136. The largest absolute Gasteiger partial charge is 0.380 e. The van der Waals surface area contributed by atoms with Crippen LogP contribution < -0.4 is 0 Å². The van der Waals surface area contributed by atoms with E-state index in [9.17, 15) is 9.90 Å². The highest BCUT2D eigenvalue weighted by atomic mass is 16.3. The molecule has 1 saturated heterocycles. The second-order valence-electron chi connectivity index (χ2n) is 6.42. The zero-order chi connectivity index (χ0) is 15.5. The van der Waals surface area contributed by atoms with Crippen LogP contribution in [0.25, 0.3) is 0 Å². The van der Waals surface area contributed by atoms with Gasteiger partial charge in [0.2, 0.25) is 0 Å². The molecule has 0 bridgehead atoms. The van der Waals surface area contributed by atoms with Crippen LogP contribution in [0, 0.1) is 0 Å². The Labute approximate surface area is 127 Å². The number of carbonyl (C=O) groups is 1. The number of likely N-dealkylation sites (N-methyl/N-ethyl adjacent to an activating group) is 1. The summed E-state index contributed by atoms with van der Waals surface area (Å²) in [5, 5.41) is 10.5. The molecule has 1 aliphatic heterocycles. The molecule has 2 atom stereocenters. The van der Waals surface area contributed by atoms with Gasteiger partial charge in [-0.25, -0.2) is 0 Å². The van der Waals surface area contributed by atoms with E-state index < -0.39 is 5.60 Å². The number of hydrogen-bond acceptors (Lipinski definition) is 3. The van der Waals surface area contributed by atoms with E-state index in [1.54, 1.807) is 11.8 Å². The highest BCUT2D eigenvalue weighted by Gasteiger charge is 2.37. The number of rotatable bonds is 5. The molecule has 1 aromatic rings. The molecule has 2 rings (SSSR count). The topological polar surface area (TPSA) is 43.8 Å². The zero-order valence-electron chi connectivity index (χ0n) is 13.2. The Morgan fingerprint density at radius 2 is 2.05 bits per heavy atom. The van der Waals surface area contributed by atoms with Gasteiger partial charge in [-0.3, -0.25) is 4.79 Å². The minimum absolute atomic E-state index is 0.136. The van der Waals surface area contributed by atoms with Crippen LogP contribution in [0.2, 0.25) is 0 Å². The Bertz CT molecular complexity index is 471. The fourth-order valence-electron chi connectivity index (χ4n) is 2.83. The fourth-order valence-corrected chi connectivity index (χ4v) is 2.83. The quantitative estimate of drug-likeness (QED) is 0.894. The first kappa shape index (κ1) is 16.0. The number of hydrogen-bond donors (Lipinski definition) is 1. The molecule has 0 unspecified atom stereocenters. The third-order valence-corrected chi connectivity index (χ3v) is 4.38. The van der Waals surface area contributed by atoms with Gasteiger partial charge in [-0.2, -0.15) is 0 Å². The molecule has 4 heteroatoms. The van der Waals surface area contributed by atoms with Gasteiger partial charge in [0.1, 0.15) is 5.60 Å². The van der Waals surface area contributed by atoms with Crippen LogP contribution in [0.1, 0.15) is 25.3 Å². The van der Waals surface area contributed by atoms with Crippen molar-refractivity contribution in [1.82, 2.24) is 9.80 Å². The summed E-state index contributed by atoms with van der Waals surface area (Å²) < 4.78 is 0. The molecule has 1 aliphatic rings. The number of benzene rings is 1. The molecule has 0 aliphatic carbocycles. The Morgan fingerprint density at radius 1 is 1.38 bits per heavy atom. The first-order valence-corrected chi connectivity index (χ1v) is 7.62. The molecule has 4 nitrogen and oxygen atoms in total. The van der Waals surface area contributed by atoms with E-state index in [1.807, 2.05) is 44.4 Å². The summed E-state index contributed by atoms with van der Waals surface area (Å²) in [4.78, 5) is 16.5. The molecular weight excluding hydrogens is 264 g/mol. The van der Waals surface area contributed by atoms with E-state index in [2.05, 4.69) is 4.90 Å². The molecule has 21 heavy (non-hydrogen) atoms. The number of nitrogens with zero attached hydrogens (tertiary/aromatic N) is 2. The molecule has 116 valence electrons. The first-order chi connectivity index (χ1) is 9.90. The minimum atomic E-state index is -1.28. The van der Waals surface area contributed by atoms with Crippen LogP contribution in [-0.2, 0) is 11.2 Å². The van der Waals surface area contributed by atoms with Crippen molar-refractivity contribution in [1.29, 1.82) is 0 Å². The Hall–Kier alpha value is -1.39. The van der Waals surface area contributed by atoms with Crippen molar-refractivity contribution in [2.24, 2.45) is 0 Å². The van der Waals surface area contributed by atoms with Crippen molar-refractivity contribution in [3.8, 4) is 0 Å². The summed E-state index contributed by atoms with van der Waals surface area (Å²) in [6.07, 6.45) is 2.15. The monoisotopic (exact) mass is 290 g/mol. The van der Waals surface area contributed by atoms with Crippen LogP contribution in [0.4, 0.5) is 0 Å². The lowest BCUT2D eigenvalue weighted by Crippen LogP contribution is -2.47. The summed E-state index contributed by atoms with van der Waals surface area (Å²) in [7, 11) is 4.07. The molecule has 1 aromatic carbocycles. The number of carbonyl (C=O) groups excluding carboxylic acids is 1. The van der Waals surface area contributed by atoms with E-state index in [1.165, 1.54) is 0 Å². The average molecular weight is 290 g/mol. The second kappa shape index (κ2) is 6.58. The summed E-state index contributed by atoms with van der Waals surface area (Å²) in [5.41, 5.74) is -0.130. The molecule has 1 N–H and O–H groups in total. The Kier molecular flexibility index (Phi) is 5.01. The molecule has 0 spiro atoms. The van der Waals surface area contributed by atoms with E-state index >= 15 is 0 Å². The van der Waals surface area contributed by atoms with E-state index in [0.717, 1.165) is 18.5 Å². The highest BCUT2D eigenvalue weighted by molar-refractivity contribution is 5.84. The van der Waals surface area contributed by atoms with Gasteiger partial charge >= 0.3 is 0 Å². The molecule has 0 aromatic heterocycles. The van der Waals surface area contributed by atoms with Gasteiger partial charge in [0.05, 0.1) is 0 Å². The lowest BCUT2D eigenvalue weighted by Gasteiger charge is -2.28. The predicted molar refractivity (Wildman–Crippen MR) is 84.1 cm³/mol. The van der Waals surface area contributed by atoms with Crippen molar-refractivity contribution in [3.63, 3.8) is 0 Å². The third kappa shape index (κ3) is 4.05. The summed E-state index contributed by atoms with van der Waals surface area (Å²) in [6.45, 7) is 3.09. The van der Waals surface area contributed by atoms with Crippen molar-refractivity contribution in [2.45, 2.75) is 37.8 Å². The van der Waals surface area contributed by atoms with Gasteiger partial charge in [-0.15, -0.1) is 0 Å². The molecule has 0 radical (unpaired) electrons. The highest BCUT2D eigenvalue weighted by Crippen LogP contribution is 2.21. The van der Waals surface area contributed by atoms with E-state index in [-0.39, 0.29) is 5.91 Å². The lowest BCUT2D eigenvalue weighted by molar-refractivity contribution is -0.149. The van der Waals surface area contributed by atoms with Gasteiger partial charge in [-0.05, 0) is 45.8 Å². The molecular formula is C17H26N2O2. The fraction of sp³-hybridized carbons (Fsp3) is 0.588. The van der Waals surface area contributed by atoms with Crippen LogP contribution in [0.3, 0.4) is 0 Å². The molecule has 1 amide bonds. The SMILES string of the molecule is CN(C)[C@@H]1CCN(C(=O)[C@](C)(O)CCc2ccccc2)C1. The summed E-state index contributed by atoms with van der Waals surface area (Å²) in [6, 6.07) is 10.4. The predicted octanol–water partition coefficient (Wildman–Crippen LogP) is 1.53. The van der Waals surface area contributed by atoms with Crippen molar-refractivity contribution < 1.29 is 9.90 Å². The lowest BCUT2D eigenvalue weighted by atomic mass is 9.95. The number of likely N-dealkylation sites (tertiary alicyclic amines) is 1. The smallest absolute Gasteiger partial charge is 0.254 e. The molecule has 0 saturated carbocycles. The van der Waals surface area contributed by atoms with Crippen molar-refractivity contribution in [3.05, 3.63) is 35.9 Å². The van der Waals surface area contributed by atoms with Crippen molar-refractivity contribution in [2.75, 3.05) is 27.2 Å². The number of aryl methyl sites for hydroxylation is 1. The van der Waals surface area contributed by atoms with Gasteiger partial charge in [0, 0.05) is 19.1 Å². The molecule has 1 fully saturated rings. The standard InChI is InChI=1S/C17H26N2O2/c1-17(21,11-9-14-7-5-4-6-8-14)16(20)19-12-10-15(13-19)18(2)3/h4-8,15,21H,9-13H2,1-3H3/t15-,17-/m1/s1. The van der Waals surface area contributed by atoms with Gasteiger partial charge in [-0.1, -0.05) is 30.3 Å². The maximum Gasteiger partial charge on any atom is 0.254 e. The van der Waals surface area contributed by atoms with Crippen LogP contribution in [-0.4, -0.2) is 59.6 Å². The average Bonchev–Trinajstić information content (AvgIpc) is 2.95. The first-order valence-electron chi connectivity index (χ1n) is 7.62. The summed E-state index contributed by atoms with van der Waals surface area (Å²) >= 11 is 0. The Balaban J connectivity index is 1.91. The second-order valence-corrected chi connectivity index (χ2v) is 6.42. The van der Waals surface area contributed by atoms with Gasteiger partial charge < -0.3 is 14.9 Å². The normalized spacial score (nSPS) is 21.6. The van der Waals surface area contributed by atoms with Gasteiger partial charge in [0.25, 0.3) is 5.91 Å². The van der Waals surface area contributed by atoms with Gasteiger partial charge in [0.15, 0.2) is 0 Å². The van der Waals surface area contributed by atoms with Crippen LogP contribution in [0.15, 0.2) is 30.3 Å². The number of amides is 1. The Morgan fingerprint density at radius 3 is 2.62 bits per heavy atom. The van der Waals surface area contributed by atoms with Crippen LogP contribution >= 0.6 is 0 Å². The maximum absolute atomic E-state index is 12.5. The molecule has 1 heterocycles. The van der Waals surface area contributed by atoms with E-state index in [4.69, 9.17) is 0 Å². The van der Waals surface area contributed by atoms with Crippen LogP contribution in [0.5, 0.6) is 0 Å².